The molecule has 0 fully saturated rings. The van der Waals surface area contributed by atoms with Crippen molar-refractivity contribution in [3.8, 4) is 0 Å². The Bertz CT molecular complexity index is 1130. The van der Waals surface area contributed by atoms with Gasteiger partial charge in [0.25, 0.3) is 0 Å². The summed E-state index contributed by atoms with van der Waals surface area (Å²) < 4.78 is 6.31. The maximum absolute atomic E-state index is 6.31. The van der Waals surface area contributed by atoms with Crippen LogP contribution in [0.5, 0.6) is 0 Å². The van der Waals surface area contributed by atoms with Crippen molar-refractivity contribution >= 4 is 39.1 Å². The lowest BCUT2D eigenvalue weighted by Crippen LogP contribution is -2.44. The Labute approximate surface area is 152 Å². The van der Waals surface area contributed by atoms with Gasteiger partial charge >= 0.3 is 0 Å². The summed E-state index contributed by atoms with van der Waals surface area (Å²) in [6.45, 7) is 5.27. The quantitative estimate of drug-likeness (QED) is 0.471. The van der Waals surface area contributed by atoms with Crippen LogP contribution in [0.15, 0.2) is 59.1 Å². The molecule has 26 heavy (non-hydrogen) atoms. The average molecular weight is 343 g/mol. The minimum absolute atomic E-state index is 0.380. The number of rotatable bonds is 1. The van der Waals surface area contributed by atoms with E-state index >= 15 is 0 Å². The zero-order valence-electron chi connectivity index (χ0n) is 15.2. The SMILES string of the molecule is Cc1ccc2c(oc3ccccc32)c1N1C[C@H](C)N(C)c2cccnc21. The number of anilines is 3. The van der Waals surface area contributed by atoms with Gasteiger partial charge in [0, 0.05) is 36.6 Å². The lowest BCUT2D eigenvalue weighted by molar-refractivity contribution is 0.642. The van der Waals surface area contributed by atoms with Crippen LogP contribution < -0.4 is 9.80 Å². The summed E-state index contributed by atoms with van der Waals surface area (Å²) in [5.41, 5.74) is 5.35. The second kappa shape index (κ2) is 5.49. The van der Waals surface area contributed by atoms with Gasteiger partial charge in [0.2, 0.25) is 0 Å². The molecule has 0 unspecified atom stereocenters. The van der Waals surface area contributed by atoms with E-state index in [0.29, 0.717) is 6.04 Å². The molecule has 4 heteroatoms. The third-order valence-corrected chi connectivity index (χ3v) is 5.50. The van der Waals surface area contributed by atoms with Gasteiger partial charge < -0.3 is 14.2 Å². The number of furan rings is 1. The molecule has 4 nitrogen and oxygen atoms in total. The molecule has 0 saturated heterocycles. The molecule has 2 aromatic heterocycles. The first-order chi connectivity index (χ1) is 12.6. The number of benzene rings is 2. The molecule has 0 amide bonds. The highest BCUT2D eigenvalue weighted by Crippen LogP contribution is 2.43. The van der Waals surface area contributed by atoms with E-state index in [1.165, 1.54) is 5.56 Å². The van der Waals surface area contributed by atoms with Crippen molar-refractivity contribution in [1.29, 1.82) is 0 Å². The van der Waals surface area contributed by atoms with Crippen LogP contribution in [0.3, 0.4) is 0 Å². The van der Waals surface area contributed by atoms with E-state index in [1.54, 1.807) is 0 Å². The van der Waals surface area contributed by atoms with Crippen molar-refractivity contribution in [2.24, 2.45) is 0 Å². The number of pyridine rings is 1. The number of fused-ring (bicyclic) bond motifs is 4. The van der Waals surface area contributed by atoms with Gasteiger partial charge in [0.15, 0.2) is 11.4 Å². The van der Waals surface area contributed by atoms with E-state index in [-0.39, 0.29) is 0 Å². The van der Waals surface area contributed by atoms with Gasteiger partial charge in [-0.3, -0.25) is 0 Å². The molecule has 4 aromatic rings. The largest absolute Gasteiger partial charge is 0.454 e. The first kappa shape index (κ1) is 15.3. The van der Waals surface area contributed by atoms with Crippen molar-refractivity contribution in [3.63, 3.8) is 0 Å². The molecule has 5 rings (SSSR count). The maximum Gasteiger partial charge on any atom is 0.159 e. The van der Waals surface area contributed by atoms with Crippen molar-refractivity contribution in [3.05, 3.63) is 60.3 Å². The van der Waals surface area contributed by atoms with Crippen molar-refractivity contribution < 1.29 is 4.42 Å². The van der Waals surface area contributed by atoms with Crippen LogP contribution in [-0.2, 0) is 0 Å². The van der Waals surface area contributed by atoms with Gasteiger partial charge in [-0.1, -0.05) is 30.3 Å². The number of aromatic nitrogens is 1. The van der Waals surface area contributed by atoms with Gasteiger partial charge in [-0.2, -0.15) is 0 Å². The van der Waals surface area contributed by atoms with Crippen LogP contribution in [0, 0.1) is 6.92 Å². The highest BCUT2D eigenvalue weighted by atomic mass is 16.3. The van der Waals surface area contributed by atoms with E-state index in [0.717, 1.165) is 45.7 Å². The second-order valence-corrected chi connectivity index (χ2v) is 7.12. The minimum atomic E-state index is 0.380. The molecule has 0 aliphatic carbocycles. The molecule has 1 aliphatic heterocycles. The molecular formula is C22H21N3O. The Morgan fingerprint density at radius 2 is 1.88 bits per heavy atom. The summed E-state index contributed by atoms with van der Waals surface area (Å²) >= 11 is 0. The first-order valence-corrected chi connectivity index (χ1v) is 9.01. The molecule has 0 spiro atoms. The van der Waals surface area contributed by atoms with Crippen molar-refractivity contribution in [2.45, 2.75) is 19.9 Å². The van der Waals surface area contributed by atoms with Crippen LogP contribution in [0.25, 0.3) is 21.9 Å². The van der Waals surface area contributed by atoms with E-state index in [1.807, 2.05) is 24.4 Å². The van der Waals surface area contributed by atoms with Crippen molar-refractivity contribution in [2.75, 3.05) is 23.4 Å². The second-order valence-electron chi connectivity index (χ2n) is 7.12. The lowest BCUT2D eigenvalue weighted by atomic mass is 10.0. The molecular weight excluding hydrogens is 322 g/mol. The van der Waals surface area contributed by atoms with Gasteiger partial charge in [-0.25, -0.2) is 4.98 Å². The summed E-state index contributed by atoms with van der Waals surface area (Å²) in [6.07, 6.45) is 1.86. The molecule has 0 radical (unpaired) electrons. The van der Waals surface area contributed by atoms with E-state index in [2.05, 4.69) is 61.0 Å². The van der Waals surface area contributed by atoms with E-state index < -0.39 is 0 Å². The summed E-state index contributed by atoms with van der Waals surface area (Å²) in [5, 5.41) is 2.32. The normalized spacial score (nSPS) is 17.1. The topological polar surface area (TPSA) is 32.5 Å². The van der Waals surface area contributed by atoms with Gasteiger partial charge in [-0.05, 0) is 37.6 Å². The van der Waals surface area contributed by atoms with Crippen LogP contribution >= 0.6 is 0 Å². The number of para-hydroxylation sites is 1. The average Bonchev–Trinajstić information content (AvgIpc) is 3.03. The monoisotopic (exact) mass is 343 g/mol. The smallest absolute Gasteiger partial charge is 0.159 e. The van der Waals surface area contributed by atoms with Crippen LogP contribution in [0.4, 0.5) is 17.2 Å². The number of hydrogen-bond acceptors (Lipinski definition) is 4. The number of aryl methyl sites for hydroxylation is 1. The Morgan fingerprint density at radius 1 is 1.04 bits per heavy atom. The number of nitrogens with zero attached hydrogens (tertiary/aromatic N) is 3. The fraction of sp³-hybridized carbons (Fsp3) is 0.227. The first-order valence-electron chi connectivity index (χ1n) is 9.01. The molecule has 2 aromatic carbocycles. The minimum Gasteiger partial charge on any atom is -0.454 e. The molecule has 1 atom stereocenters. The lowest BCUT2D eigenvalue weighted by Gasteiger charge is -2.40. The molecule has 0 bridgehead atoms. The molecule has 3 heterocycles. The standard InChI is InChI=1S/C22H21N3O/c1-14-10-11-17-16-7-4-5-9-19(16)26-21(17)20(14)25-13-15(2)24(3)18-8-6-12-23-22(18)25/h4-12,15H,13H2,1-3H3/t15-/m0/s1. The Morgan fingerprint density at radius 3 is 2.77 bits per heavy atom. The third-order valence-electron chi connectivity index (χ3n) is 5.50. The fourth-order valence-corrected chi connectivity index (χ4v) is 3.99. The Balaban J connectivity index is 1.82. The summed E-state index contributed by atoms with van der Waals surface area (Å²) in [5.74, 6) is 0.990. The predicted molar refractivity (Wildman–Crippen MR) is 108 cm³/mol. The zero-order chi connectivity index (χ0) is 17.8. The zero-order valence-corrected chi connectivity index (χ0v) is 15.2. The van der Waals surface area contributed by atoms with E-state index in [9.17, 15) is 0 Å². The highest BCUT2D eigenvalue weighted by Gasteiger charge is 2.30. The van der Waals surface area contributed by atoms with Crippen LogP contribution in [0.2, 0.25) is 0 Å². The summed E-state index contributed by atoms with van der Waals surface area (Å²) in [4.78, 5) is 9.32. The maximum atomic E-state index is 6.31. The third kappa shape index (κ3) is 2.05. The molecule has 130 valence electrons. The Hall–Kier alpha value is -3.01. The van der Waals surface area contributed by atoms with Crippen molar-refractivity contribution in [1.82, 2.24) is 4.98 Å². The van der Waals surface area contributed by atoms with Crippen LogP contribution in [0.1, 0.15) is 12.5 Å². The van der Waals surface area contributed by atoms with E-state index in [4.69, 9.17) is 9.40 Å². The fourth-order valence-electron chi connectivity index (χ4n) is 3.99. The van der Waals surface area contributed by atoms with Gasteiger partial charge in [-0.15, -0.1) is 0 Å². The number of likely N-dealkylation sites (N-methyl/N-ethyl adjacent to an activating group) is 1. The Kier molecular flexibility index (Phi) is 3.23. The predicted octanol–water partition coefficient (Wildman–Crippen LogP) is 5.27. The summed E-state index contributed by atoms with van der Waals surface area (Å²) in [6, 6.07) is 17.1. The van der Waals surface area contributed by atoms with Gasteiger partial charge in [0.05, 0.1) is 11.4 Å². The van der Waals surface area contributed by atoms with Gasteiger partial charge in [0.1, 0.15) is 5.58 Å². The molecule has 0 saturated carbocycles. The van der Waals surface area contributed by atoms with Crippen LogP contribution in [-0.4, -0.2) is 24.6 Å². The molecule has 1 aliphatic rings. The molecule has 0 N–H and O–H groups in total. The summed E-state index contributed by atoms with van der Waals surface area (Å²) in [7, 11) is 2.14. The highest BCUT2D eigenvalue weighted by molar-refractivity contribution is 6.10. The number of hydrogen-bond donors (Lipinski definition) is 0.